The van der Waals surface area contributed by atoms with Crippen LogP contribution in [0.4, 0.5) is 0 Å². The summed E-state index contributed by atoms with van der Waals surface area (Å²) in [5.41, 5.74) is 0. The van der Waals surface area contributed by atoms with Crippen LogP contribution in [0.1, 0.15) is 25.7 Å². The molecule has 0 aromatic heterocycles. The number of ether oxygens (including phenoxy) is 1. The molecular formula is C14H18O3. The van der Waals surface area contributed by atoms with Gasteiger partial charge in [0.25, 0.3) is 0 Å². The topological polar surface area (TPSA) is 46.5 Å². The molecule has 2 atom stereocenters. The quantitative estimate of drug-likeness (QED) is 0.871. The molecule has 3 heteroatoms. The summed E-state index contributed by atoms with van der Waals surface area (Å²) in [6, 6.07) is 9.58. The zero-order valence-electron chi connectivity index (χ0n) is 9.84. The molecule has 92 valence electrons. The number of carboxylic acids is 1. The molecule has 0 spiro atoms. The van der Waals surface area contributed by atoms with E-state index >= 15 is 0 Å². The van der Waals surface area contributed by atoms with Gasteiger partial charge in [-0.15, -0.1) is 0 Å². The molecule has 1 fully saturated rings. The number of hydrogen-bond acceptors (Lipinski definition) is 2. The molecular weight excluding hydrogens is 216 g/mol. The number of carbonyl (C=O) groups is 1. The fourth-order valence-electron chi connectivity index (χ4n) is 2.45. The molecule has 1 aromatic rings. The lowest BCUT2D eigenvalue weighted by atomic mass is 9.80. The van der Waals surface area contributed by atoms with E-state index < -0.39 is 5.97 Å². The van der Waals surface area contributed by atoms with E-state index in [1.807, 2.05) is 30.3 Å². The van der Waals surface area contributed by atoms with Crippen molar-refractivity contribution in [3.63, 3.8) is 0 Å². The van der Waals surface area contributed by atoms with Crippen LogP contribution in [0.3, 0.4) is 0 Å². The zero-order valence-corrected chi connectivity index (χ0v) is 9.84. The maximum atomic E-state index is 11.1. The Morgan fingerprint density at radius 3 is 2.65 bits per heavy atom. The Morgan fingerprint density at radius 1 is 1.24 bits per heavy atom. The maximum absolute atomic E-state index is 11.1. The van der Waals surface area contributed by atoms with E-state index in [0.29, 0.717) is 6.61 Å². The predicted octanol–water partition coefficient (Wildman–Crippen LogP) is 2.96. The van der Waals surface area contributed by atoms with Crippen LogP contribution in [0.25, 0.3) is 0 Å². The van der Waals surface area contributed by atoms with Crippen LogP contribution in [0, 0.1) is 11.8 Å². The summed E-state index contributed by atoms with van der Waals surface area (Å²) in [5, 5.41) is 9.15. The Kier molecular flexibility index (Phi) is 4.02. The van der Waals surface area contributed by atoms with Gasteiger partial charge in [0, 0.05) is 5.92 Å². The van der Waals surface area contributed by atoms with Crippen LogP contribution >= 0.6 is 0 Å². The first-order valence-electron chi connectivity index (χ1n) is 6.18. The van der Waals surface area contributed by atoms with Gasteiger partial charge in [-0.1, -0.05) is 31.0 Å². The van der Waals surface area contributed by atoms with Crippen LogP contribution < -0.4 is 4.74 Å². The number of carboxylic acid groups (broad SMARTS) is 1. The molecule has 1 aliphatic rings. The highest BCUT2D eigenvalue weighted by Crippen LogP contribution is 2.30. The van der Waals surface area contributed by atoms with Gasteiger partial charge in [-0.2, -0.15) is 0 Å². The fourth-order valence-corrected chi connectivity index (χ4v) is 2.45. The molecule has 0 unspecified atom stereocenters. The van der Waals surface area contributed by atoms with Gasteiger partial charge in [-0.05, 0) is 25.0 Å². The summed E-state index contributed by atoms with van der Waals surface area (Å²) >= 11 is 0. The number of aliphatic carboxylic acids is 1. The van der Waals surface area contributed by atoms with E-state index in [9.17, 15) is 4.79 Å². The molecule has 1 saturated carbocycles. The number of para-hydroxylation sites is 1. The third-order valence-corrected chi connectivity index (χ3v) is 3.43. The summed E-state index contributed by atoms with van der Waals surface area (Å²) in [6.45, 7) is 0.515. The summed E-state index contributed by atoms with van der Waals surface area (Å²) < 4.78 is 5.66. The fraction of sp³-hybridized carbons (Fsp3) is 0.500. The average molecular weight is 234 g/mol. The van der Waals surface area contributed by atoms with Gasteiger partial charge in [-0.25, -0.2) is 0 Å². The third kappa shape index (κ3) is 3.22. The smallest absolute Gasteiger partial charge is 0.306 e. The van der Waals surface area contributed by atoms with Crippen LogP contribution in [0.2, 0.25) is 0 Å². The van der Waals surface area contributed by atoms with E-state index in [2.05, 4.69) is 0 Å². The van der Waals surface area contributed by atoms with E-state index in [-0.39, 0.29) is 11.8 Å². The molecule has 0 saturated heterocycles. The monoisotopic (exact) mass is 234 g/mol. The van der Waals surface area contributed by atoms with Gasteiger partial charge in [0.1, 0.15) is 5.75 Å². The molecule has 1 aliphatic carbocycles. The van der Waals surface area contributed by atoms with Crippen LogP contribution in [-0.2, 0) is 4.79 Å². The van der Waals surface area contributed by atoms with E-state index in [1.165, 1.54) is 0 Å². The number of benzene rings is 1. The normalized spacial score (nSPS) is 24.2. The van der Waals surface area contributed by atoms with E-state index in [4.69, 9.17) is 9.84 Å². The molecule has 0 amide bonds. The maximum Gasteiger partial charge on any atom is 0.306 e. The van der Waals surface area contributed by atoms with Crippen molar-refractivity contribution in [2.75, 3.05) is 6.61 Å². The second-order valence-corrected chi connectivity index (χ2v) is 4.61. The van der Waals surface area contributed by atoms with Crippen molar-refractivity contribution in [2.45, 2.75) is 25.7 Å². The Hall–Kier alpha value is -1.51. The first kappa shape index (κ1) is 12.0. The second-order valence-electron chi connectivity index (χ2n) is 4.61. The first-order valence-corrected chi connectivity index (χ1v) is 6.18. The van der Waals surface area contributed by atoms with Crippen molar-refractivity contribution < 1.29 is 14.6 Å². The van der Waals surface area contributed by atoms with Crippen molar-refractivity contribution in [1.29, 1.82) is 0 Å². The van der Waals surface area contributed by atoms with Gasteiger partial charge >= 0.3 is 5.97 Å². The molecule has 0 bridgehead atoms. The zero-order chi connectivity index (χ0) is 12.1. The highest BCUT2D eigenvalue weighted by atomic mass is 16.5. The second kappa shape index (κ2) is 5.71. The molecule has 1 N–H and O–H groups in total. The number of rotatable bonds is 4. The van der Waals surface area contributed by atoms with Crippen LogP contribution in [-0.4, -0.2) is 17.7 Å². The van der Waals surface area contributed by atoms with Gasteiger partial charge in [-0.3, -0.25) is 4.79 Å². The highest BCUT2D eigenvalue weighted by Gasteiger charge is 2.31. The standard InChI is InChI=1S/C14H18O3/c15-14(16)13-9-5-4-6-11(13)10-17-12-7-2-1-3-8-12/h1-3,7-8,11,13H,4-6,9-10H2,(H,15,16)/t11-,13-/m0/s1. The lowest BCUT2D eigenvalue weighted by Crippen LogP contribution is -2.31. The third-order valence-electron chi connectivity index (χ3n) is 3.43. The Bertz CT molecular complexity index is 361. The van der Waals surface area contributed by atoms with Crippen LogP contribution in [0.5, 0.6) is 5.75 Å². The summed E-state index contributed by atoms with van der Waals surface area (Å²) in [6.07, 6.45) is 3.90. The molecule has 1 aromatic carbocycles. The summed E-state index contributed by atoms with van der Waals surface area (Å²) in [5.74, 6) is 0.0718. The van der Waals surface area contributed by atoms with Crippen molar-refractivity contribution in [3.8, 4) is 5.75 Å². The highest BCUT2D eigenvalue weighted by molar-refractivity contribution is 5.70. The van der Waals surface area contributed by atoms with Crippen molar-refractivity contribution >= 4 is 5.97 Å². The van der Waals surface area contributed by atoms with Crippen molar-refractivity contribution in [3.05, 3.63) is 30.3 Å². The number of hydrogen-bond donors (Lipinski definition) is 1. The summed E-state index contributed by atoms with van der Waals surface area (Å²) in [4.78, 5) is 11.1. The van der Waals surface area contributed by atoms with Gasteiger partial charge in [0.2, 0.25) is 0 Å². The largest absolute Gasteiger partial charge is 0.493 e. The minimum atomic E-state index is -0.675. The SMILES string of the molecule is O=C(O)[C@H]1CCCC[C@H]1COc1ccccc1. The van der Waals surface area contributed by atoms with Crippen molar-refractivity contribution in [1.82, 2.24) is 0 Å². The molecule has 0 radical (unpaired) electrons. The summed E-state index contributed by atoms with van der Waals surface area (Å²) in [7, 11) is 0. The molecule has 3 nitrogen and oxygen atoms in total. The Balaban J connectivity index is 1.90. The van der Waals surface area contributed by atoms with Gasteiger partial charge < -0.3 is 9.84 Å². The lowest BCUT2D eigenvalue weighted by molar-refractivity contribution is -0.145. The predicted molar refractivity (Wildman–Crippen MR) is 65.0 cm³/mol. The van der Waals surface area contributed by atoms with E-state index in [1.54, 1.807) is 0 Å². The Morgan fingerprint density at radius 2 is 1.94 bits per heavy atom. The Labute approximate surface area is 101 Å². The van der Waals surface area contributed by atoms with Gasteiger partial charge in [0.15, 0.2) is 0 Å². The lowest BCUT2D eigenvalue weighted by Gasteiger charge is -2.28. The van der Waals surface area contributed by atoms with Gasteiger partial charge in [0.05, 0.1) is 12.5 Å². The van der Waals surface area contributed by atoms with E-state index in [0.717, 1.165) is 31.4 Å². The minimum Gasteiger partial charge on any atom is -0.493 e. The molecule has 2 rings (SSSR count). The molecule has 0 aliphatic heterocycles. The molecule has 0 heterocycles. The minimum absolute atomic E-state index is 0.154. The first-order chi connectivity index (χ1) is 8.27. The van der Waals surface area contributed by atoms with Crippen molar-refractivity contribution in [2.24, 2.45) is 11.8 Å². The average Bonchev–Trinajstić information content (AvgIpc) is 2.38. The molecule has 17 heavy (non-hydrogen) atoms. The van der Waals surface area contributed by atoms with Crippen LogP contribution in [0.15, 0.2) is 30.3 Å².